The van der Waals surface area contributed by atoms with E-state index < -0.39 is 47.4 Å². The number of hydrogen-bond donors (Lipinski definition) is 2. The van der Waals surface area contributed by atoms with Crippen LogP contribution in [0.5, 0.6) is 17.2 Å². The molecule has 6 aromatic carbocycles. The fourth-order valence-corrected chi connectivity index (χ4v) is 11.1. The molecule has 14 nitrogen and oxygen atoms in total. The lowest BCUT2D eigenvalue weighted by atomic mass is 9.65. The maximum Gasteiger partial charge on any atom is 0.324 e. The van der Waals surface area contributed by atoms with E-state index in [-0.39, 0.29) is 32.2 Å². The van der Waals surface area contributed by atoms with Crippen LogP contribution in [0.4, 0.5) is 5.69 Å². The van der Waals surface area contributed by atoms with E-state index in [0.29, 0.717) is 52.6 Å². The fourth-order valence-electron chi connectivity index (χ4n) is 11.1. The molecule has 1 spiro atoms. The molecule has 6 unspecified atom stereocenters. The quantitative estimate of drug-likeness (QED) is 0.111. The first-order valence-corrected chi connectivity index (χ1v) is 23.0. The number of anilines is 1. The normalized spacial score (nSPS) is 22.5. The maximum atomic E-state index is 16.2. The average Bonchev–Trinajstić information content (AvgIpc) is 4.05. The molecule has 5 heterocycles. The number of aliphatic hydroxyl groups excluding tert-OH is 1. The Kier molecular flexibility index (Phi) is 11.3. The van der Waals surface area contributed by atoms with Crippen molar-refractivity contribution in [2.75, 3.05) is 39.3 Å². The molecule has 2 saturated heterocycles. The summed E-state index contributed by atoms with van der Waals surface area (Å²) in [4.78, 5) is 51.3. The van der Waals surface area contributed by atoms with Crippen molar-refractivity contribution in [2.45, 2.75) is 49.2 Å². The second-order valence-corrected chi connectivity index (χ2v) is 17.6. The summed E-state index contributed by atoms with van der Waals surface area (Å²) >= 11 is 0. The van der Waals surface area contributed by atoms with Crippen LogP contribution in [-0.4, -0.2) is 87.7 Å². The molecule has 7 aromatic rings. The summed E-state index contributed by atoms with van der Waals surface area (Å²) in [6.45, 7) is 0.692. The van der Waals surface area contributed by atoms with Crippen LogP contribution in [0.25, 0.3) is 11.0 Å². The number of esters is 1. The standard InChI is InChI=1S/C55H48N6O8/c1-66-45-31-38-25-27-59(33-39(38)32-46(45)67-2)52(63)47-49-53(64)69-50(36-15-7-4-8-16-36)48(35-13-5-3-6-14-35)61(49)51(37-20-22-40(23-21-37)68-29-28-62)55(47)41-30-34(19-24-42(41)56-54(55)65)12-11-26-60-44-18-10-9-17-43(44)57-58-60/h3-10,13-24,30-32,47-51,62H,25-29,33H2,1-2H3,(H,56,65). The number of cyclic esters (lactones) is 1. The van der Waals surface area contributed by atoms with E-state index in [1.807, 2.05) is 127 Å². The van der Waals surface area contributed by atoms with Crippen molar-refractivity contribution >= 4 is 34.5 Å². The van der Waals surface area contributed by atoms with Gasteiger partial charge in [-0.05, 0) is 94.4 Å². The van der Waals surface area contributed by atoms with E-state index in [1.54, 1.807) is 35.9 Å². The van der Waals surface area contributed by atoms with Gasteiger partial charge in [-0.15, -0.1) is 5.10 Å². The van der Waals surface area contributed by atoms with Crippen molar-refractivity contribution in [2.24, 2.45) is 5.92 Å². The number of carbonyl (C=O) groups excluding carboxylic acids is 3. The van der Waals surface area contributed by atoms with Crippen LogP contribution in [0.15, 0.2) is 140 Å². The first-order valence-electron chi connectivity index (χ1n) is 23.0. The molecule has 6 atom stereocenters. The highest BCUT2D eigenvalue weighted by Gasteiger charge is 2.74. The van der Waals surface area contributed by atoms with Gasteiger partial charge in [0.25, 0.3) is 0 Å². The van der Waals surface area contributed by atoms with Crippen LogP contribution in [0.2, 0.25) is 0 Å². The summed E-state index contributed by atoms with van der Waals surface area (Å²) in [7, 11) is 3.17. The lowest BCUT2D eigenvalue weighted by Gasteiger charge is -2.46. The van der Waals surface area contributed by atoms with Crippen LogP contribution in [0, 0.1) is 17.8 Å². The number of nitrogens with zero attached hydrogens (tertiary/aromatic N) is 5. The highest BCUT2D eigenvalue weighted by molar-refractivity contribution is 6.12. The van der Waals surface area contributed by atoms with E-state index in [9.17, 15) is 5.11 Å². The van der Waals surface area contributed by atoms with Gasteiger partial charge in [-0.1, -0.05) is 102 Å². The Hall–Kier alpha value is -7.99. The van der Waals surface area contributed by atoms with Crippen molar-refractivity contribution in [1.29, 1.82) is 0 Å². The van der Waals surface area contributed by atoms with Crippen molar-refractivity contribution in [3.05, 3.63) is 178 Å². The molecule has 4 aliphatic rings. The Morgan fingerprint density at radius 2 is 1.54 bits per heavy atom. The molecular formula is C55H48N6O8. The Bertz CT molecular complexity index is 3170. The monoisotopic (exact) mass is 920 g/mol. The Morgan fingerprint density at radius 3 is 2.28 bits per heavy atom. The minimum Gasteiger partial charge on any atom is -0.493 e. The number of nitrogens with one attached hydrogen (secondary N) is 1. The lowest BCUT2D eigenvalue weighted by Crippen LogP contribution is -2.56. The molecule has 4 aliphatic heterocycles. The van der Waals surface area contributed by atoms with Gasteiger partial charge in [0.05, 0.1) is 44.3 Å². The smallest absolute Gasteiger partial charge is 0.324 e. The molecule has 0 aliphatic carbocycles. The van der Waals surface area contributed by atoms with E-state index in [1.165, 1.54) is 0 Å². The number of para-hydroxylation sites is 1. The molecule has 346 valence electrons. The molecule has 0 bridgehead atoms. The third kappa shape index (κ3) is 7.33. The van der Waals surface area contributed by atoms with Gasteiger partial charge in [0, 0.05) is 24.3 Å². The second-order valence-electron chi connectivity index (χ2n) is 17.6. The minimum atomic E-state index is -1.72. The number of aliphatic hydroxyl groups is 1. The number of carbonyl (C=O) groups is 3. The zero-order valence-electron chi connectivity index (χ0n) is 37.9. The van der Waals surface area contributed by atoms with Gasteiger partial charge in [0.1, 0.15) is 42.0 Å². The maximum absolute atomic E-state index is 16.2. The first-order chi connectivity index (χ1) is 33.8. The third-order valence-electron chi connectivity index (χ3n) is 14.0. The first kappa shape index (κ1) is 43.6. The SMILES string of the molecule is COc1cc2c(cc1OC)CN(C(=O)C1C3C(=O)OC(c4ccccc4)C(c4ccccc4)N3C(c3ccc(OCCO)cc3)C13C(=O)Nc1ccc(C#CCn4nnc5ccccc54)cc13)CC2. The Labute approximate surface area is 398 Å². The van der Waals surface area contributed by atoms with Gasteiger partial charge in [-0.2, -0.15) is 0 Å². The van der Waals surface area contributed by atoms with Gasteiger partial charge in [-0.25, -0.2) is 4.68 Å². The number of benzene rings is 6. The van der Waals surface area contributed by atoms with Crippen LogP contribution >= 0.6 is 0 Å². The lowest BCUT2D eigenvalue weighted by molar-refractivity contribution is -0.179. The Morgan fingerprint density at radius 1 is 0.826 bits per heavy atom. The number of aromatic nitrogens is 3. The minimum absolute atomic E-state index is 0.0858. The number of morpholine rings is 1. The van der Waals surface area contributed by atoms with Crippen molar-refractivity contribution < 1.29 is 38.4 Å². The molecular weight excluding hydrogens is 873 g/mol. The number of hydrogen-bond acceptors (Lipinski definition) is 11. The van der Waals surface area contributed by atoms with Crippen LogP contribution < -0.4 is 19.5 Å². The van der Waals surface area contributed by atoms with E-state index in [4.69, 9.17) is 18.9 Å². The largest absolute Gasteiger partial charge is 0.493 e. The molecule has 0 saturated carbocycles. The summed E-state index contributed by atoms with van der Waals surface area (Å²) in [5.41, 5.74) is 5.71. The zero-order valence-corrected chi connectivity index (χ0v) is 37.9. The summed E-state index contributed by atoms with van der Waals surface area (Å²) in [5.74, 6) is 5.52. The topological polar surface area (TPSA) is 158 Å². The third-order valence-corrected chi connectivity index (χ3v) is 14.0. The summed E-state index contributed by atoms with van der Waals surface area (Å²) in [5, 5.41) is 21.4. The molecule has 1 aromatic heterocycles. The number of amides is 2. The summed E-state index contributed by atoms with van der Waals surface area (Å²) in [6.07, 6.45) is -0.318. The van der Waals surface area contributed by atoms with Gasteiger partial charge in [-0.3, -0.25) is 19.3 Å². The van der Waals surface area contributed by atoms with Gasteiger partial charge in [0.2, 0.25) is 11.8 Å². The molecule has 14 heteroatoms. The van der Waals surface area contributed by atoms with E-state index in [2.05, 4.69) is 32.4 Å². The Balaban J connectivity index is 1.12. The molecule has 2 fully saturated rings. The highest BCUT2D eigenvalue weighted by atomic mass is 16.6. The van der Waals surface area contributed by atoms with Gasteiger partial charge >= 0.3 is 5.97 Å². The highest BCUT2D eigenvalue weighted by Crippen LogP contribution is 2.65. The summed E-state index contributed by atoms with van der Waals surface area (Å²) in [6, 6.07) is 41.0. The fraction of sp³-hybridized carbons (Fsp3) is 0.255. The van der Waals surface area contributed by atoms with E-state index >= 15 is 14.4 Å². The molecule has 0 radical (unpaired) electrons. The number of fused-ring (bicyclic) bond motifs is 5. The van der Waals surface area contributed by atoms with Gasteiger partial charge < -0.3 is 34.3 Å². The zero-order chi connectivity index (χ0) is 47.2. The van der Waals surface area contributed by atoms with Crippen molar-refractivity contribution in [3.63, 3.8) is 0 Å². The number of rotatable bonds is 10. The predicted octanol–water partition coefficient (Wildman–Crippen LogP) is 6.73. The molecule has 69 heavy (non-hydrogen) atoms. The number of methoxy groups -OCH3 is 2. The summed E-state index contributed by atoms with van der Waals surface area (Å²) < 4.78 is 25.6. The van der Waals surface area contributed by atoms with E-state index in [0.717, 1.165) is 33.3 Å². The average molecular weight is 921 g/mol. The second kappa shape index (κ2) is 17.9. The van der Waals surface area contributed by atoms with Crippen molar-refractivity contribution in [1.82, 2.24) is 24.8 Å². The van der Waals surface area contributed by atoms with Crippen LogP contribution in [0.3, 0.4) is 0 Å². The molecule has 11 rings (SSSR count). The van der Waals surface area contributed by atoms with Gasteiger partial charge in [0.15, 0.2) is 11.5 Å². The van der Waals surface area contributed by atoms with Crippen LogP contribution in [0.1, 0.15) is 57.1 Å². The molecule has 2 amide bonds. The molecule has 2 N–H and O–H groups in total. The van der Waals surface area contributed by atoms with Crippen LogP contribution in [-0.2, 0) is 44.0 Å². The predicted molar refractivity (Wildman–Crippen MR) is 255 cm³/mol. The van der Waals surface area contributed by atoms with Crippen molar-refractivity contribution in [3.8, 4) is 29.1 Å². The number of ether oxygens (including phenoxy) is 4.